The monoisotopic (exact) mass is 268 g/mol. The molecule has 2 rings (SSSR count). The quantitative estimate of drug-likeness (QED) is 0.833. The maximum Gasteiger partial charge on any atom is 0.213 e. The highest BCUT2D eigenvalue weighted by molar-refractivity contribution is 9.10. The standard InChI is InChI=1S/C9H9BrN4O/c10-7-3-6(11)1-2-8(7)12-4-9-13-5-15-14-9/h1-3,5,12H,4,11H2. The number of aromatic nitrogens is 2. The van der Waals surface area contributed by atoms with Crippen LogP contribution in [0.5, 0.6) is 0 Å². The van der Waals surface area contributed by atoms with Crippen LogP contribution in [0.15, 0.2) is 33.6 Å². The Balaban J connectivity index is 2.05. The van der Waals surface area contributed by atoms with Crippen molar-refractivity contribution in [2.24, 2.45) is 0 Å². The summed E-state index contributed by atoms with van der Waals surface area (Å²) in [5.41, 5.74) is 7.27. The summed E-state index contributed by atoms with van der Waals surface area (Å²) in [6.07, 6.45) is 1.30. The van der Waals surface area contributed by atoms with Crippen LogP contribution in [0.3, 0.4) is 0 Å². The normalized spacial score (nSPS) is 10.2. The van der Waals surface area contributed by atoms with Crippen molar-refractivity contribution in [1.29, 1.82) is 0 Å². The van der Waals surface area contributed by atoms with E-state index < -0.39 is 0 Å². The van der Waals surface area contributed by atoms with Gasteiger partial charge in [-0.25, -0.2) is 0 Å². The van der Waals surface area contributed by atoms with E-state index in [4.69, 9.17) is 5.73 Å². The molecular formula is C9H9BrN4O. The molecule has 0 saturated heterocycles. The third-order valence-electron chi connectivity index (χ3n) is 1.84. The van der Waals surface area contributed by atoms with Crippen LogP contribution >= 0.6 is 15.9 Å². The fraction of sp³-hybridized carbons (Fsp3) is 0.111. The molecule has 1 aromatic carbocycles. The first kappa shape index (κ1) is 9.97. The van der Waals surface area contributed by atoms with Crippen LogP contribution in [-0.2, 0) is 6.54 Å². The molecule has 5 nitrogen and oxygen atoms in total. The van der Waals surface area contributed by atoms with E-state index in [1.165, 1.54) is 6.39 Å². The van der Waals surface area contributed by atoms with Gasteiger partial charge >= 0.3 is 0 Å². The third-order valence-corrected chi connectivity index (χ3v) is 2.49. The molecule has 0 unspecified atom stereocenters. The Labute approximate surface area is 94.8 Å². The summed E-state index contributed by atoms with van der Waals surface area (Å²) in [5, 5.41) is 6.85. The van der Waals surface area contributed by atoms with E-state index in [1.54, 1.807) is 0 Å². The van der Waals surface area contributed by atoms with Gasteiger partial charge < -0.3 is 15.6 Å². The van der Waals surface area contributed by atoms with E-state index in [-0.39, 0.29) is 0 Å². The minimum atomic E-state index is 0.513. The summed E-state index contributed by atoms with van der Waals surface area (Å²) in [6.45, 7) is 0.513. The van der Waals surface area contributed by atoms with Crippen molar-refractivity contribution < 1.29 is 4.52 Å². The first-order valence-electron chi connectivity index (χ1n) is 4.30. The molecule has 15 heavy (non-hydrogen) atoms. The van der Waals surface area contributed by atoms with Gasteiger partial charge in [-0.1, -0.05) is 5.16 Å². The molecule has 0 bridgehead atoms. The van der Waals surface area contributed by atoms with Crippen molar-refractivity contribution >= 4 is 27.3 Å². The summed E-state index contributed by atoms with van der Waals surface area (Å²) in [7, 11) is 0. The average Bonchev–Trinajstić information content (AvgIpc) is 2.69. The van der Waals surface area contributed by atoms with Gasteiger partial charge in [0, 0.05) is 15.8 Å². The number of hydrogen-bond donors (Lipinski definition) is 2. The molecule has 0 spiro atoms. The number of nitrogens with two attached hydrogens (primary N) is 1. The largest absolute Gasteiger partial charge is 0.399 e. The Morgan fingerprint density at radius 3 is 3.00 bits per heavy atom. The van der Waals surface area contributed by atoms with Gasteiger partial charge in [-0.3, -0.25) is 0 Å². The van der Waals surface area contributed by atoms with Gasteiger partial charge in [0.1, 0.15) is 0 Å². The molecule has 0 atom stereocenters. The number of halogens is 1. The van der Waals surface area contributed by atoms with Gasteiger partial charge in [0.2, 0.25) is 6.39 Å². The van der Waals surface area contributed by atoms with Gasteiger partial charge in [-0.2, -0.15) is 4.98 Å². The summed E-state index contributed by atoms with van der Waals surface area (Å²) >= 11 is 3.40. The molecule has 2 aromatic rings. The Hall–Kier alpha value is -1.56. The Kier molecular flexibility index (Phi) is 2.86. The van der Waals surface area contributed by atoms with Crippen molar-refractivity contribution in [2.75, 3.05) is 11.1 Å². The molecule has 1 heterocycles. The summed E-state index contributed by atoms with van der Waals surface area (Å²) in [4.78, 5) is 3.90. The van der Waals surface area contributed by atoms with Crippen molar-refractivity contribution in [3.8, 4) is 0 Å². The molecule has 0 aliphatic carbocycles. The molecule has 78 valence electrons. The zero-order valence-corrected chi connectivity index (χ0v) is 9.36. The van der Waals surface area contributed by atoms with Crippen LogP contribution in [0.2, 0.25) is 0 Å². The number of benzene rings is 1. The number of nitrogen functional groups attached to an aromatic ring is 1. The lowest BCUT2D eigenvalue weighted by Crippen LogP contribution is -2.01. The van der Waals surface area contributed by atoms with Crippen molar-refractivity contribution in [3.63, 3.8) is 0 Å². The first-order valence-corrected chi connectivity index (χ1v) is 5.09. The van der Waals surface area contributed by atoms with Crippen LogP contribution in [-0.4, -0.2) is 10.1 Å². The second kappa shape index (κ2) is 4.31. The summed E-state index contributed by atoms with van der Waals surface area (Å²) < 4.78 is 5.53. The lowest BCUT2D eigenvalue weighted by Gasteiger charge is -2.06. The molecule has 0 aliphatic heterocycles. The van der Waals surface area contributed by atoms with E-state index >= 15 is 0 Å². The smallest absolute Gasteiger partial charge is 0.213 e. The maximum absolute atomic E-state index is 5.62. The van der Waals surface area contributed by atoms with Gasteiger partial charge in [-0.15, -0.1) is 0 Å². The van der Waals surface area contributed by atoms with Crippen LogP contribution in [0.25, 0.3) is 0 Å². The fourth-order valence-electron chi connectivity index (χ4n) is 1.12. The minimum absolute atomic E-state index is 0.513. The number of hydrogen-bond acceptors (Lipinski definition) is 5. The van der Waals surface area contributed by atoms with Gasteiger partial charge in [0.15, 0.2) is 5.82 Å². The first-order chi connectivity index (χ1) is 7.25. The molecule has 0 radical (unpaired) electrons. The fourth-order valence-corrected chi connectivity index (χ4v) is 1.66. The zero-order valence-electron chi connectivity index (χ0n) is 7.77. The maximum atomic E-state index is 5.62. The van der Waals surface area contributed by atoms with Crippen LogP contribution in [0.4, 0.5) is 11.4 Å². The average molecular weight is 269 g/mol. The van der Waals surface area contributed by atoms with E-state index in [0.29, 0.717) is 18.1 Å². The van der Waals surface area contributed by atoms with E-state index in [9.17, 15) is 0 Å². The van der Waals surface area contributed by atoms with Gasteiger partial charge in [-0.05, 0) is 34.1 Å². The van der Waals surface area contributed by atoms with Gasteiger partial charge in [0.25, 0.3) is 0 Å². The topological polar surface area (TPSA) is 77.0 Å². The van der Waals surface area contributed by atoms with E-state index in [1.807, 2.05) is 18.2 Å². The van der Waals surface area contributed by atoms with Crippen LogP contribution < -0.4 is 11.1 Å². The number of nitrogens with zero attached hydrogens (tertiary/aromatic N) is 2. The highest BCUT2D eigenvalue weighted by Crippen LogP contribution is 2.24. The second-order valence-electron chi connectivity index (χ2n) is 2.94. The lowest BCUT2D eigenvalue weighted by molar-refractivity contribution is 0.411. The zero-order chi connectivity index (χ0) is 10.7. The van der Waals surface area contributed by atoms with Crippen LogP contribution in [0.1, 0.15) is 5.82 Å². The molecule has 0 amide bonds. The van der Waals surface area contributed by atoms with Crippen LogP contribution in [0, 0.1) is 0 Å². The predicted molar refractivity (Wildman–Crippen MR) is 60.2 cm³/mol. The number of anilines is 2. The molecule has 0 fully saturated rings. The molecular weight excluding hydrogens is 260 g/mol. The Morgan fingerprint density at radius 2 is 2.33 bits per heavy atom. The van der Waals surface area contributed by atoms with E-state index in [2.05, 4.69) is 35.9 Å². The molecule has 3 N–H and O–H groups in total. The SMILES string of the molecule is Nc1ccc(NCc2ncon2)c(Br)c1. The molecule has 0 aliphatic rings. The third kappa shape index (κ3) is 2.47. The van der Waals surface area contributed by atoms with E-state index in [0.717, 1.165) is 10.2 Å². The summed E-state index contributed by atoms with van der Waals surface area (Å²) in [5.74, 6) is 0.610. The Bertz CT molecular complexity index is 443. The molecule has 1 aromatic heterocycles. The molecule has 0 saturated carbocycles. The number of rotatable bonds is 3. The van der Waals surface area contributed by atoms with Crippen molar-refractivity contribution in [3.05, 3.63) is 34.9 Å². The summed E-state index contributed by atoms with van der Waals surface area (Å²) in [6, 6.07) is 5.54. The highest BCUT2D eigenvalue weighted by atomic mass is 79.9. The lowest BCUT2D eigenvalue weighted by atomic mass is 10.3. The second-order valence-corrected chi connectivity index (χ2v) is 3.79. The predicted octanol–water partition coefficient (Wildman–Crippen LogP) is 2.03. The number of nitrogens with one attached hydrogen (secondary N) is 1. The van der Waals surface area contributed by atoms with Gasteiger partial charge in [0.05, 0.1) is 6.54 Å². The minimum Gasteiger partial charge on any atom is -0.399 e. The van der Waals surface area contributed by atoms with Crippen molar-refractivity contribution in [2.45, 2.75) is 6.54 Å². The highest BCUT2D eigenvalue weighted by Gasteiger charge is 2.02. The Morgan fingerprint density at radius 1 is 1.47 bits per heavy atom. The molecule has 6 heteroatoms. The van der Waals surface area contributed by atoms with Crippen molar-refractivity contribution in [1.82, 2.24) is 10.1 Å².